The Bertz CT molecular complexity index is 505. The fraction of sp³-hybridized carbons (Fsp3) is 0.182. The van der Waals surface area contributed by atoms with E-state index in [1.807, 2.05) is 13.8 Å². The molecule has 2 N–H and O–H groups in total. The molecule has 0 spiro atoms. The van der Waals surface area contributed by atoms with Gasteiger partial charge in [-0.3, -0.25) is 0 Å². The Morgan fingerprint density at radius 1 is 1.20 bits per heavy atom. The standard InChI is InChI=1S/C11H11NO2S/c1-6-11(12-7(2)15-6)9-5-8(13)3-4-10(9)14/h3-5,13-14H,1-2H3. The third-order valence-corrected chi connectivity index (χ3v) is 3.03. The Morgan fingerprint density at radius 2 is 1.93 bits per heavy atom. The molecular weight excluding hydrogens is 210 g/mol. The summed E-state index contributed by atoms with van der Waals surface area (Å²) in [5.41, 5.74) is 1.32. The molecule has 0 aliphatic heterocycles. The van der Waals surface area contributed by atoms with E-state index in [4.69, 9.17) is 0 Å². The van der Waals surface area contributed by atoms with Crippen LogP contribution < -0.4 is 0 Å². The summed E-state index contributed by atoms with van der Waals surface area (Å²) >= 11 is 1.57. The van der Waals surface area contributed by atoms with Crippen LogP contribution in [0.15, 0.2) is 18.2 Å². The monoisotopic (exact) mass is 221 g/mol. The van der Waals surface area contributed by atoms with Gasteiger partial charge in [0.05, 0.1) is 10.7 Å². The number of benzene rings is 1. The Morgan fingerprint density at radius 3 is 2.53 bits per heavy atom. The molecule has 15 heavy (non-hydrogen) atoms. The predicted molar refractivity (Wildman–Crippen MR) is 60.4 cm³/mol. The number of hydrogen-bond donors (Lipinski definition) is 2. The molecule has 78 valence electrons. The molecular formula is C11H11NO2S. The third kappa shape index (κ3) is 1.80. The highest BCUT2D eigenvalue weighted by atomic mass is 32.1. The molecule has 0 amide bonds. The summed E-state index contributed by atoms with van der Waals surface area (Å²) in [6.07, 6.45) is 0. The molecule has 0 bridgehead atoms. The van der Waals surface area contributed by atoms with Crippen LogP contribution in [0.4, 0.5) is 0 Å². The third-order valence-electron chi connectivity index (χ3n) is 2.14. The van der Waals surface area contributed by atoms with E-state index in [0.29, 0.717) is 5.56 Å². The Balaban J connectivity index is 2.62. The summed E-state index contributed by atoms with van der Waals surface area (Å²) in [7, 11) is 0. The molecule has 0 radical (unpaired) electrons. The van der Waals surface area contributed by atoms with Crippen molar-refractivity contribution in [1.82, 2.24) is 4.98 Å². The van der Waals surface area contributed by atoms with Gasteiger partial charge in [0.1, 0.15) is 11.5 Å². The van der Waals surface area contributed by atoms with E-state index in [-0.39, 0.29) is 11.5 Å². The van der Waals surface area contributed by atoms with Gasteiger partial charge in [0.25, 0.3) is 0 Å². The smallest absolute Gasteiger partial charge is 0.125 e. The number of aromatic nitrogens is 1. The SMILES string of the molecule is Cc1nc(-c2cc(O)ccc2O)c(C)s1. The van der Waals surface area contributed by atoms with Crippen molar-refractivity contribution >= 4 is 11.3 Å². The second-order valence-electron chi connectivity index (χ2n) is 3.34. The highest BCUT2D eigenvalue weighted by Crippen LogP contribution is 2.35. The fourth-order valence-electron chi connectivity index (χ4n) is 1.49. The van der Waals surface area contributed by atoms with Crippen molar-refractivity contribution in [2.75, 3.05) is 0 Å². The van der Waals surface area contributed by atoms with E-state index < -0.39 is 0 Å². The molecule has 1 aromatic carbocycles. The minimum absolute atomic E-state index is 0.132. The van der Waals surface area contributed by atoms with Crippen molar-refractivity contribution < 1.29 is 10.2 Å². The van der Waals surface area contributed by atoms with E-state index in [0.717, 1.165) is 15.6 Å². The highest BCUT2D eigenvalue weighted by Gasteiger charge is 2.12. The molecule has 0 atom stereocenters. The largest absolute Gasteiger partial charge is 0.508 e. The zero-order valence-electron chi connectivity index (χ0n) is 8.48. The Hall–Kier alpha value is -1.55. The van der Waals surface area contributed by atoms with Gasteiger partial charge in [-0.15, -0.1) is 11.3 Å². The van der Waals surface area contributed by atoms with Crippen molar-refractivity contribution in [3.05, 3.63) is 28.1 Å². The summed E-state index contributed by atoms with van der Waals surface area (Å²) in [6.45, 7) is 3.87. The fourth-order valence-corrected chi connectivity index (χ4v) is 2.32. The topological polar surface area (TPSA) is 53.4 Å². The van der Waals surface area contributed by atoms with Crippen LogP contribution in [-0.4, -0.2) is 15.2 Å². The molecule has 1 heterocycles. The molecule has 0 unspecified atom stereocenters. The molecule has 4 heteroatoms. The zero-order valence-corrected chi connectivity index (χ0v) is 9.30. The van der Waals surface area contributed by atoms with E-state index >= 15 is 0 Å². The van der Waals surface area contributed by atoms with Crippen LogP contribution in [0.5, 0.6) is 11.5 Å². The second kappa shape index (κ2) is 3.55. The van der Waals surface area contributed by atoms with Crippen LogP contribution in [0.1, 0.15) is 9.88 Å². The molecule has 0 aliphatic rings. The zero-order chi connectivity index (χ0) is 11.0. The Kier molecular flexibility index (Phi) is 2.36. The van der Waals surface area contributed by atoms with E-state index in [2.05, 4.69) is 4.98 Å². The lowest BCUT2D eigenvalue weighted by molar-refractivity contribution is 0.461. The molecule has 2 rings (SSSR count). The predicted octanol–water partition coefficient (Wildman–Crippen LogP) is 2.84. The van der Waals surface area contributed by atoms with Gasteiger partial charge in [0.15, 0.2) is 0 Å². The quantitative estimate of drug-likeness (QED) is 0.728. The van der Waals surface area contributed by atoms with Crippen molar-refractivity contribution in [3.63, 3.8) is 0 Å². The first-order chi connectivity index (χ1) is 7.08. The number of aryl methyl sites for hydroxylation is 2. The molecule has 0 fully saturated rings. The summed E-state index contributed by atoms with van der Waals surface area (Å²) in [5.74, 6) is 0.272. The normalized spacial score (nSPS) is 10.5. The van der Waals surface area contributed by atoms with Crippen LogP contribution in [0.25, 0.3) is 11.3 Å². The lowest BCUT2D eigenvalue weighted by Gasteiger charge is -2.03. The highest BCUT2D eigenvalue weighted by molar-refractivity contribution is 7.11. The maximum absolute atomic E-state index is 9.68. The van der Waals surface area contributed by atoms with Gasteiger partial charge in [0.2, 0.25) is 0 Å². The van der Waals surface area contributed by atoms with Crippen molar-refractivity contribution in [3.8, 4) is 22.8 Å². The van der Waals surface area contributed by atoms with Crippen molar-refractivity contribution in [2.24, 2.45) is 0 Å². The van der Waals surface area contributed by atoms with E-state index in [1.54, 1.807) is 11.3 Å². The average molecular weight is 221 g/mol. The maximum atomic E-state index is 9.68. The first-order valence-corrected chi connectivity index (χ1v) is 5.36. The van der Waals surface area contributed by atoms with E-state index in [9.17, 15) is 10.2 Å². The lowest BCUT2D eigenvalue weighted by atomic mass is 10.1. The second-order valence-corrected chi connectivity index (χ2v) is 4.75. The van der Waals surface area contributed by atoms with Gasteiger partial charge in [-0.1, -0.05) is 0 Å². The van der Waals surface area contributed by atoms with Crippen LogP contribution in [0.2, 0.25) is 0 Å². The number of thiazole rings is 1. The van der Waals surface area contributed by atoms with E-state index in [1.165, 1.54) is 18.2 Å². The lowest BCUT2D eigenvalue weighted by Crippen LogP contribution is -1.82. The van der Waals surface area contributed by atoms with Crippen molar-refractivity contribution in [1.29, 1.82) is 0 Å². The number of rotatable bonds is 1. The number of phenolic OH excluding ortho intramolecular Hbond substituents is 2. The van der Waals surface area contributed by atoms with Gasteiger partial charge in [0, 0.05) is 10.4 Å². The minimum Gasteiger partial charge on any atom is -0.508 e. The first kappa shape index (κ1) is 9.98. The van der Waals surface area contributed by atoms with Crippen LogP contribution in [0, 0.1) is 13.8 Å². The summed E-state index contributed by atoms with van der Waals surface area (Å²) in [5, 5.41) is 20.0. The maximum Gasteiger partial charge on any atom is 0.125 e. The molecule has 0 aliphatic carbocycles. The van der Waals surface area contributed by atoms with Crippen LogP contribution in [-0.2, 0) is 0 Å². The molecule has 1 aromatic heterocycles. The van der Waals surface area contributed by atoms with Gasteiger partial charge >= 0.3 is 0 Å². The van der Waals surface area contributed by atoms with Crippen LogP contribution >= 0.6 is 11.3 Å². The molecule has 0 saturated carbocycles. The van der Waals surface area contributed by atoms with Gasteiger partial charge in [-0.2, -0.15) is 0 Å². The van der Waals surface area contributed by atoms with Gasteiger partial charge in [-0.05, 0) is 32.0 Å². The molecule has 3 nitrogen and oxygen atoms in total. The summed E-state index contributed by atoms with van der Waals surface area (Å²) < 4.78 is 0. The van der Waals surface area contributed by atoms with Gasteiger partial charge < -0.3 is 10.2 Å². The number of phenols is 2. The van der Waals surface area contributed by atoms with Gasteiger partial charge in [-0.25, -0.2) is 4.98 Å². The summed E-state index contributed by atoms with van der Waals surface area (Å²) in [6, 6.07) is 4.45. The van der Waals surface area contributed by atoms with Crippen LogP contribution in [0.3, 0.4) is 0 Å². The minimum atomic E-state index is 0.132. The first-order valence-electron chi connectivity index (χ1n) is 4.54. The summed E-state index contributed by atoms with van der Waals surface area (Å²) in [4.78, 5) is 5.37. The number of hydrogen-bond acceptors (Lipinski definition) is 4. The van der Waals surface area contributed by atoms with Crippen molar-refractivity contribution in [2.45, 2.75) is 13.8 Å². The molecule has 2 aromatic rings. The number of nitrogens with zero attached hydrogens (tertiary/aromatic N) is 1. The number of aromatic hydroxyl groups is 2. The Labute approximate surface area is 91.7 Å². The molecule has 0 saturated heterocycles. The average Bonchev–Trinajstić information content (AvgIpc) is 2.50.